The van der Waals surface area contributed by atoms with Gasteiger partial charge in [-0.2, -0.15) is 0 Å². The van der Waals surface area contributed by atoms with Gasteiger partial charge >= 0.3 is 0 Å². The highest BCUT2D eigenvalue weighted by atomic mass is 79.9. The number of nitro benzene ring substituents is 1. The summed E-state index contributed by atoms with van der Waals surface area (Å²) in [4.78, 5) is 21.7. The fourth-order valence-electron chi connectivity index (χ4n) is 1.16. The molecule has 0 aliphatic rings. The number of hydrogen-bond acceptors (Lipinski definition) is 4. The Bertz CT molecular complexity index is 450. The molecule has 92 valence electrons. The minimum absolute atomic E-state index is 0.166. The van der Waals surface area contributed by atoms with Crippen molar-refractivity contribution in [1.29, 1.82) is 0 Å². The number of amides is 1. The number of non-ortho nitro benzene ring substituents is 1. The minimum Gasteiger partial charge on any atom is -0.394 e. The van der Waals surface area contributed by atoms with Gasteiger partial charge in [0.15, 0.2) is 0 Å². The van der Waals surface area contributed by atoms with Crippen LogP contribution in [0.2, 0.25) is 0 Å². The number of carbonyl (C=O) groups is 1. The van der Waals surface area contributed by atoms with Crippen LogP contribution in [0.15, 0.2) is 22.7 Å². The van der Waals surface area contributed by atoms with Gasteiger partial charge in [-0.1, -0.05) is 15.9 Å². The Morgan fingerprint density at radius 3 is 2.76 bits per heavy atom. The highest BCUT2D eigenvalue weighted by Crippen LogP contribution is 2.21. The summed E-state index contributed by atoms with van der Waals surface area (Å²) in [6.07, 6.45) is 0. The number of aliphatic hydroxyl groups excluding tert-OH is 1. The molecule has 6 nitrogen and oxygen atoms in total. The van der Waals surface area contributed by atoms with Crippen LogP contribution in [0.3, 0.4) is 0 Å². The molecule has 1 atom stereocenters. The predicted octanol–water partition coefficient (Wildman–Crippen LogP) is 1.47. The normalized spacial score (nSPS) is 11.9. The Labute approximate surface area is 106 Å². The lowest BCUT2D eigenvalue weighted by Crippen LogP contribution is -2.35. The van der Waals surface area contributed by atoms with E-state index in [4.69, 9.17) is 5.11 Å². The first-order chi connectivity index (χ1) is 7.93. The maximum Gasteiger partial charge on any atom is 0.271 e. The monoisotopic (exact) mass is 302 g/mol. The zero-order chi connectivity index (χ0) is 13.0. The van der Waals surface area contributed by atoms with Gasteiger partial charge in [0.05, 0.1) is 11.5 Å². The van der Waals surface area contributed by atoms with Crippen molar-refractivity contribution >= 4 is 27.5 Å². The predicted molar refractivity (Wildman–Crippen MR) is 64.8 cm³/mol. The maximum atomic E-state index is 11.7. The lowest BCUT2D eigenvalue weighted by atomic mass is 10.2. The van der Waals surface area contributed by atoms with Crippen LogP contribution in [-0.4, -0.2) is 28.6 Å². The molecule has 0 spiro atoms. The molecule has 0 unspecified atom stereocenters. The molecule has 1 aromatic rings. The van der Waals surface area contributed by atoms with E-state index in [0.29, 0.717) is 4.47 Å². The smallest absolute Gasteiger partial charge is 0.271 e. The molecule has 0 heterocycles. The summed E-state index contributed by atoms with van der Waals surface area (Å²) in [5.41, 5.74) is 0.00699. The van der Waals surface area contributed by atoms with Crippen molar-refractivity contribution in [2.45, 2.75) is 13.0 Å². The average Bonchev–Trinajstić information content (AvgIpc) is 2.27. The third kappa shape index (κ3) is 3.79. The fraction of sp³-hybridized carbons (Fsp3) is 0.300. The molecule has 0 aliphatic heterocycles. The lowest BCUT2D eigenvalue weighted by molar-refractivity contribution is -0.385. The van der Waals surface area contributed by atoms with Crippen molar-refractivity contribution in [3.8, 4) is 0 Å². The van der Waals surface area contributed by atoms with Gasteiger partial charge in [-0.25, -0.2) is 0 Å². The Hall–Kier alpha value is -1.47. The van der Waals surface area contributed by atoms with Gasteiger partial charge in [-0.3, -0.25) is 14.9 Å². The van der Waals surface area contributed by atoms with Crippen molar-refractivity contribution < 1.29 is 14.8 Å². The van der Waals surface area contributed by atoms with E-state index in [1.165, 1.54) is 18.2 Å². The standard InChI is InChI=1S/C10H11BrN2O4/c1-6(5-14)12-10(15)7-2-8(11)4-9(3-7)13(16)17/h2-4,6,14H,5H2,1H3,(H,12,15)/t6-/m1/s1. The number of halogens is 1. The number of hydrogen-bond donors (Lipinski definition) is 2. The second-order valence-electron chi connectivity index (χ2n) is 3.51. The molecule has 2 N–H and O–H groups in total. The third-order valence-electron chi connectivity index (χ3n) is 2.01. The molecule has 0 saturated heterocycles. The highest BCUT2D eigenvalue weighted by Gasteiger charge is 2.14. The number of nitrogens with zero attached hydrogens (tertiary/aromatic N) is 1. The van der Waals surface area contributed by atoms with Crippen molar-refractivity contribution in [3.63, 3.8) is 0 Å². The number of carbonyl (C=O) groups excluding carboxylic acids is 1. The summed E-state index contributed by atoms with van der Waals surface area (Å²) in [7, 11) is 0. The molecule has 1 rings (SSSR count). The quantitative estimate of drug-likeness (QED) is 0.650. The molecule has 1 aromatic carbocycles. The number of rotatable bonds is 4. The fourth-order valence-corrected chi connectivity index (χ4v) is 1.64. The van der Waals surface area contributed by atoms with Crippen LogP contribution < -0.4 is 5.32 Å². The molecule has 0 fully saturated rings. The molecule has 0 saturated carbocycles. The molecule has 0 bridgehead atoms. The Morgan fingerprint density at radius 1 is 1.59 bits per heavy atom. The van der Waals surface area contributed by atoms with E-state index < -0.39 is 16.9 Å². The van der Waals surface area contributed by atoms with Gasteiger partial charge < -0.3 is 10.4 Å². The van der Waals surface area contributed by atoms with Crippen molar-refractivity contribution in [1.82, 2.24) is 5.32 Å². The largest absolute Gasteiger partial charge is 0.394 e. The van der Waals surface area contributed by atoms with Crippen LogP contribution in [0.4, 0.5) is 5.69 Å². The first-order valence-corrected chi connectivity index (χ1v) is 5.60. The van der Waals surface area contributed by atoms with Gasteiger partial charge in [0.25, 0.3) is 11.6 Å². The van der Waals surface area contributed by atoms with E-state index in [0.717, 1.165) is 0 Å². The van der Waals surface area contributed by atoms with Gasteiger partial charge in [-0.15, -0.1) is 0 Å². The summed E-state index contributed by atoms with van der Waals surface area (Å²) in [5, 5.41) is 21.9. The van der Waals surface area contributed by atoms with Gasteiger partial charge in [-0.05, 0) is 13.0 Å². The minimum atomic E-state index is -0.572. The van der Waals surface area contributed by atoms with Gasteiger partial charge in [0.2, 0.25) is 0 Å². The first kappa shape index (κ1) is 13.6. The molecular formula is C10H11BrN2O4. The van der Waals surface area contributed by atoms with Crippen LogP contribution in [0, 0.1) is 10.1 Å². The third-order valence-corrected chi connectivity index (χ3v) is 2.46. The van der Waals surface area contributed by atoms with E-state index in [9.17, 15) is 14.9 Å². The average molecular weight is 303 g/mol. The summed E-state index contributed by atoms with van der Waals surface area (Å²) in [6, 6.07) is 3.57. The molecular weight excluding hydrogens is 292 g/mol. The number of benzene rings is 1. The summed E-state index contributed by atoms with van der Waals surface area (Å²) >= 11 is 3.10. The summed E-state index contributed by atoms with van der Waals surface area (Å²) in [5.74, 6) is -0.462. The molecule has 17 heavy (non-hydrogen) atoms. The van der Waals surface area contributed by atoms with E-state index in [1.54, 1.807) is 6.92 Å². The molecule has 0 aromatic heterocycles. The Morgan fingerprint density at radius 2 is 2.24 bits per heavy atom. The van der Waals surface area contributed by atoms with Crippen LogP contribution in [0.5, 0.6) is 0 Å². The van der Waals surface area contributed by atoms with Crippen molar-refractivity contribution in [2.24, 2.45) is 0 Å². The molecule has 1 amide bonds. The highest BCUT2D eigenvalue weighted by molar-refractivity contribution is 9.10. The lowest BCUT2D eigenvalue weighted by Gasteiger charge is -2.10. The Kier molecular flexibility index (Phi) is 4.59. The number of nitrogens with one attached hydrogen (secondary N) is 1. The number of aliphatic hydroxyl groups is 1. The summed E-state index contributed by atoms with van der Waals surface area (Å²) < 4.78 is 0.452. The van der Waals surface area contributed by atoms with Crippen LogP contribution in [0.1, 0.15) is 17.3 Å². The van der Waals surface area contributed by atoms with Crippen LogP contribution in [-0.2, 0) is 0 Å². The SMILES string of the molecule is C[C@H](CO)NC(=O)c1cc(Br)cc([N+](=O)[O-])c1. The second-order valence-corrected chi connectivity index (χ2v) is 4.43. The van der Waals surface area contributed by atoms with Crippen molar-refractivity contribution in [2.75, 3.05) is 6.61 Å². The molecule has 7 heteroatoms. The van der Waals surface area contributed by atoms with E-state index >= 15 is 0 Å². The first-order valence-electron chi connectivity index (χ1n) is 4.80. The van der Waals surface area contributed by atoms with Gasteiger partial charge in [0.1, 0.15) is 0 Å². The number of nitro groups is 1. The Balaban J connectivity index is 2.97. The van der Waals surface area contributed by atoms with Gasteiger partial charge in [0, 0.05) is 28.2 Å². The van der Waals surface area contributed by atoms with E-state index in [1.807, 2.05) is 0 Å². The van der Waals surface area contributed by atoms with Crippen LogP contribution in [0.25, 0.3) is 0 Å². The van der Waals surface area contributed by atoms with Crippen molar-refractivity contribution in [3.05, 3.63) is 38.3 Å². The molecule has 0 radical (unpaired) electrons. The zero-order valence-electron chi connectivity index (χ0n) is 9.01. The maximum absolute atomic E-state index is 11.7. The van der Waals surface area contributed by atoms with Crippen LogP contribution >= 0.6 is 15.9 Å². The topological polar surface area (TPSA) is 92.5 Å². The van der Waals surface area contributed by atoms with E-state index in [-0.39, 0.29) is 17.9 Å². The molecule has 0 aliphatic carbocycles. The zero-order valence-corrected chi connectivity index (χ0v) is 10.6. The van der Waals surface area contributed by atoms with E-state index in [2.05, 4.69) is 21.2 Å². The summed E-state index contributed by atoms with van der Waals surface area (Å²) in [6.45, 7) is 1.44. The second kappa shape index (κ2) is 5.74.